The van der Waals surface area contributed by atoms with Crippen molar-refractivity contribution in [3.05, 3.63) is 53.6 Å². The maximum Gasteiger partial charge on any atom is 0.272 e. The first-order valence-electron chi connectivity index (χ1n) is 9.79. The number of hydrogen-bond donors (Lipinski definition) is 0. The zero-order valence-electron chi connectivity index (χ0n) is 16.9. The molecule has 3 heterocycles. The molecule has 29 heavy (non-hydrogen) atoms. The molecule has 1 fully saturated rings. The van der Waals surface area contributed by atoms with Crippen molar-refractivity contribution in [3.63, 3.8) is 0 Å². The van der Waals surface area contributed by atoms with E-state index in [0.717, 1.165) is 23.4 Å². The van der Waals surface area contributed by atoms with Gasteiger partial charge in [-0.2, -0.15) is 10.1 Å². The Morgan fingerprint density at radius 1 is 1.31 bits per heavy atom. The molecule has 0 saturated carbocycles. The van der Waals surface area contributed by atoms with Gasteiger partial charge in [0.15, 0.2) is 0 Å². The average molecular weight is 395 g/mol. The monoisotopic (exact) mass is 395 g/mol. The molecule has 152 valence electrons. The summed E-state index contributed by atoms with van der Waals surface area (Å²) in [6, 6.07) is 9.75. The van der Waals surface area contributed by atoms with E-state index in [1.165, 1.54) is 6.33 Å². The zero-order chi connectivity index (χ0) is 20.4. The van der Waals surface area contributed by atoms with Gasteiger partial charge in [-0.25, -0.2) is 9.50 Å². The summed E-state index contributed by atoms with van der Waals surface area (Å²) in [5, 5.41) is 4.21. The van der Waals surface area contributed by atoms with Crippen molar-refractivity contribution in [2.24, 2.45) is 0 Å². The number of fused-ring (bicyclic) bond motifs is 1. The minimum Gasteiger partial charge on any atom is -0.497 e. The van der Waals surface area contributed by atoms with Crippen LogP contribution in [0.1, 0.15) is 41.5 Å². The van der Waals surface area contributed by atoms with Crippen LogP contribution in [-0.2, 0) is 11.2 Å². The van der Waals surface area contributed by atoms with Gasteiger partial charge in [-0.15, -0.1) is 0 Å². The molecule has 0 N–H and O–H groups in total. The molecule has 1 saturated heterocycles. The molecule has 8 heteroatoms. The molecule has 1 aliphatic heterocycles. The van der Waals surface area contributed by atoms with Crippen LogP contribution in [0, 0.1) is 0 Å². The molecule has 0 spiro atoms. The maximum absolute atomic E-state index is 13.2. The molecule has 1 aromatic carbocycles. The molecule has 0 unspecified atom stereocenters. The van der Waals surface area contributed by atoms with Crippen molar-refractivity contribution in [1.82, 2.24) is 24.5 Å². The highest BCUT2D eigenvalue weighted by Crippen LogP contribution is 2.19. The SMILES string of the molecule is COc1ccc(C[C@@H]2CN(C(=O)c3cc(C(C)C)n4ncnc4n3)CCO2)cc1. The van der Waals surface area contributed by atoms with Gasteiger partial charge in [-0.05, 0) is 29.7 Å². The Labute approximate surface area is 169 Å². The first kappa shape index (κ1) is 19.3. The van der Waals surface area contributed by atoms with Crippen LogP contribution in [0.15, 0.2) is 36.7 Å². The molecular formula is C21H25N5O3. The minimum atomic E-state index is -0.0968. The van der Waals surface area contributed by atoms with Crippen LogP contribution in [0.25, 0.3) is 5.78 Å². The third-order valence-electron chi connectivity index (χ3n) is 5.14. The number of rotatable bonds is 5. The number of hydrogen-bond acceptors (Lipinski definition) is 6. The normalized spacial score (nSPS) is 17.1. The van der Waals surface area contributed by atoms with E-state index in [1.54, 1.807) is 11.6 Å². The summed E-state index contributed by atoms with van der Waals surface area (Å²) in [5.41, 5.74) is 2.47. The van der Waals surface area contributed by atoms with Gasteiger partial charge in [0, 0.05) is 19.5 Å². The van der Waals surface area contributed by atoms with Gasteiger partial charge >= 0.3 is 0 Å². The summed E-state index contributed by atoms with van der Waals surface area (Å²) in [4.78, 5) is 23.6. The van der Waals surface area contributed by atoms with Gasteiger partial charge in [0.05, 0.1) is 25.5 Å². The fourth-order valence-corrected chi connectivity index (χ4v) is 3.57. The number of carbonyl (C=O) groups is 1. The lowest BCUT2D eigenvalue weighted by Gasteiger charge is -2.33. The summed E-state index contributed by atoms with van der Waals surface area (Å²) in [5.74, 6) is 1.37. The molecule has 2 aromatic heterocycles. The predicted octanol–water partition coefficient (Wildman–Crippen LogP) is 2.34. The average Bonchev–Trinajstić information content (AvgIpc) is 3.22. The largest absolute Gasteiger partial charge is 0.497 e. The Bertz CT molecular complexity index is 999. The van der Waals surface area contributed by atoms with Crippen molar-refractivity contribution >= 4 is 11.7 Å². The number of methoxy groups -OCH3 is 1. The van der Waals surface area contributed by atoms with Gasteiger partial charge < -0.3 is 14.4 Å². The second kappa shape index (κ2) is 8.16. The van der Waals surface area contributed by atoms with Crippen molar-refractivity contribution in [1.29, 1.82) is 0 Å². The Balaban J connectivity index is 1.50. The molecular weight excluding hydrogens is 370 g/mol. The maximum atomic E-state index is 13.2. The van der Waals surface area contributed by atoms with Gasteiger partial charge in [0.2, 0.25) is 0 Å². The lowest BCUT2D eigenvalue weighted by molar-refractivity contribution is -0.0210. The van der Waals surface area contributed by atoms with Crippen molar-refractivity contribution in [2.75, 3.05) is 26.8 Å². The minimum absolute atomic E-state index is 0.0533. The van der Waals surface area contributed by atoms with Gasteiger partial charge in [0.1, 0.15) is 17.8 Å². The van der Waals surface area contributed by atoms with Gasteiger partial charge in [-0.1, -0.05) is 26.0 Å². The van der Waals surface area contributed by atoms with Crippen LogP contribution in [0.5, 0.6) is 5.75 Å². The van der Waals surface area contributed by atoms with Crippen LogP contribution in [0.4, 0.5) is 0 Å². The Hall–Kier alpha value is -3.00. The standard InChI is InChI=1S/C21H25N5O3/c1-14(2)19-11-18(24-21-22-13-23-26(19)21)20(27)25-8-9-29-17(12-25)10-15-4-6-16(28-3)7-5-15/h4-7,11,13-14,17H,8-10,12H2,1-3H3/t17-/m1/s1. The highest BCUT2D eigenvalue weighted by atomic mass is 16.5. The molecule has 8 nitrogen and oxygen atoms in total. The predicted molar refractivity (Wildman–Crippen MR) is 107 cm³/mol. The number of nitrogens with zero attached hydrogens (tertiary/aromatic N) is 5. The highest BCUT2D eigenvalue weighted by Gasteiger charge is 2.27. The summed E-state index contributed by atoms with van der Waals surface area (Å²) >= 11 is 0. The summed E-state index contributed by atoms with van der Waals surface area (Å²) in [6.07, 6.45) is 2.14. The van der Waals surface area contributed by atoms with E-state index in [9.17, 15) is 4.79 Å². The smallest absolute Gasteiger partial charge is 0.272 e. The fraction of sp³-hybridized carbons (Fsp3) is 0.429. The second-order valence-corrected chi connectivity index (χ2v) is 7.49. The molecule has 3 aromatic rings. The fourth-order valence-electron chi connectivity index (χ4n) is 3.57. The molecule has 4 rings (SSSR count). The number of aromatic nitrogens is 4. The Kier molecular flexibility index (Phi) is 5.44. The molecule has 0 aliphatic carbocycles. The number of benzene rings is 1. The van der Waals surface area contributed by atoms with Crippen LogP contribution >= 0.6 is 0 Å². The molecule has 0 bridgehead atoms. The number of morpholine rings is 1. The summed E-state index contributed by atoms with van der Waals surface area (Å²) in [7, 11) is 1.65. The molecule has 0 radical (unpaired) electrons. The first-order valence-corrected chi connectivity index (χ1v) is 9.79. The van der Waals surface area contributed by atoms with Gasteiger partial charge in [-0.3, -0.25) is 4.79 Å². The first-order chi connectivity index (χ1) is 14.0. The van der Waals surface area contributed by atoms with Gasteiger partial charge in [0.25, 0.3) is 11.7 Å². The molecule has 1 aliphatic rings. The lowest BCUT2D eigenvalue weighted by atomic mass is 10.1. The molecule has 1 amide bonds. The topological polar surface area (TPSA) is 81.9 Å². The highest BCUT2D eigenvalue weighted by molar-refractivity contribution is 5.93. The van der Waals surface area contributed by atoms with E-state index >= 15 is 0 Å². The van der Waals surface area contributed by atoms with E-state index in [1.807, 2.05) is 35.2 Å². The van der Waals surface area contributed by atoms with Crippen LogP contribution < -0.4 is 4.74 Å². The molecule has 1 atom stereocenters. The second-order valence-electron chi connectivity index (χ2n) is 7.49. The number of amides is 1. The van der Waals surface area contributed by atoms with Crippen LogP contribution in [0.2, 0.25) is 0 Å². The quantitative estimate of drug-likeness (QED) is 0.660. The van der Waals surface area contributed by atoms with Crippen LogP contribution in [-0.4, -0.2) is 63.3 Å². The Morgan fingerprint density at radius 2 is 2.10 bits per heavy atom. The van der Waals surface area contributed by atoms with Crippen molar-refractivity contribution in [2.45, 2.75) is 32.3 Å². The number of carbonyl (C=O) groups excluding carboxylic acids is 1. The zero-order valence-corrected chi connectivity index (χ0v) is 16.9. The lowest BCUT2D eigenvalue weighted by Crippen LogP contribution is -2.46. The van der Waals surface area contributed by atoms with Crippen molar-refractivity contribution < 1.29 is 14.3 Å². The summed E-state index contributed by atoms with van der Waals surface area (Å²) < 4.78 is 12.8. The third kappa shape index (κ3) is 4.07. The van der Waals surface area contributed by atoms with Crippen LogP contribution in [0.3, 0.4) is 0 Å². The van der Waals surface area contributed by atoms with E-state index < -0.39 is 0 Å². The summed E-state index contributed by atoms with van der Waals surface area (Å²) in [6.45, 7) is 5.71. The van der Waals surface area contributed by atoms with E-state index in [2.05, 4.69) is 28.9 Å². The number of ether oxygens (including phenoxy) is 2. The third-order valence-corrected chi connectivity index (χ3v) is 5.14. The van der Waals surface area contributed by atoms with E-state index in [0.29, 0.717) is 31.2 Å². The Morgan fingerprint density at radius 3 is 2.83 bits per heavy atom. The van der Waals surface area contributed by atoms with Crippen molar-refractivity contribution in [3.8, 4) is 5.75 Å². The van der Waals surface area contributed by atoms with E-state index in [4.69, 9.17) is 9.47 Å². The van der Waals surface area contributed by atoms with E-state index in [-0.39, 0.29) is 17.9 Å².